The lowest BCUT2D eigenvalue weighted by Gasteiger charge is -2.12. The van der Waals surface area contributed by atoms with Crippen LogP contribution in [0.25, 0.3) is 10.8 Å². The van der Waals surface area contributed by atoms with Crippen LogP contribution in [0.2, 0.25) is 0 Å². The van der Waals surface area contributed by atoms with E-state index in [1.54, 1.807) is 36.4 Å². The highest BCUT2D eigenvalue weighted by Crippen LogP contribution is 2.33. The molecule has 2 N–H and O–H groups in total. The third-order valence-corrected chi connectivity index (χ3v) is 7.03. The third-order valence-electron chi connectivity index (χ3n) is 3.65. The normalized spacial score (nSPS) is 11.5. The molecule has 0 atom stereocenters. The second-order valence-electron chi connectivity index (χ2n) is 5.34. The molecule has 3 aromatic carbocycles. The molecule has 0 bridgehead atoms. The summed E-state index contributed by atoms with van der Waals surface area (Å²) in [7, 11) is -4.38. The minimum absolute atomic E-state index is 0.211. The maximum absolute atomic E-state index is 12.7. The summed E-state index contributed by atoms with van der Waals surface area (Å²) in [5.41, 5.74) is 0.829. The van der Waals surface area contributed by atoms with Crippen molar-refractivity contribution in [3.63, 3.8) is 0 Å². The van der Waals surface area contributed by atoms with Crippen molar-refractivity contribution in [3.8, 4) is 0 Å². The highest BCUT2D eigenvalue weighted by molar-refractivity contribution is 9.13. The van der Waals surface area contributed by atoms with Gasteiger partial charge in [0.15, 0.2) is 0 Å². The molecular weight excluding hydrogens is 554 g/mol. The molecule has 0 aliphatic heterocycles. The number of nitrogens with one attached hydrogen (secondary N) is 1. The number of anilines is 1. The van der Waals surface area contributed by atoms with E-state index < -0.39 is 10.1 Å². The first-order valence-corrected chi connectivity index (χ1v) is 11.0. The number of hydrogen-bond acceptors (Lipinski definition) is 3. The van der Waals surface area contributed by atoms with Gasteiger partial charge in [-0.15, -0.1) is 0 Å². The molecule has 26 heavy (non-hydrogen) atoms. The maximum atomic E-state index is 12.7. The number of fused-ring (bicyclic) bond motifs is 1. The Bertz CT molecular complexity index is 1150. The van der Waals surface area contributed by atoms with Crippen molar-refractivity contribution < 1.29 is 17.8 Å². The molecule has 134 valence electrons. The monoisotopic (exact) mass is 561 g/mol. The Morgan fingerprint density at radius 3 is 2.27 bits per heavy atom. The van der Waals surface area contributed by atoms with E-state index in [1.165, 1.54) is 12.1 Å². The Morgan fingerprint density at radius 1 is 0.962 bits per heavy atom. The van der Waals surface area contributed by atoms with E-state index in [0.29, 0.717) is 31.0 Å². The molecule has 0 aliphatic rings. The Balaban J connectivity index is 2.10. The lowest BCUT2D eigenvalue weighted by molar-refractivity contribution is 0.102. The molecule has 3 rings (SSSR count). The van der Waals surface area contributed by atoms with Crippen LogP contribution in [-0.2, 0) is 10.1 Å². The van der Waals surface area contributed by atoms with Gasteiger partial charge in [0.2, 0.25) is 0 Å². The number of carbonyl (C=O) groups excluding carboxylic acids is 1. The van der Waals surface area contributed by atoms with E-state index in [0.717, 1.165) is 4.47 Å². The van der Waals surface area contributed by atoms with Crippen molar-refractivity contribution in [2.75, 3.05) is 5.32 Å². The minimum Gasteiger partial charge on any atom is -0.321 e. The summed E-state index contributed by atoms with van der Waals surface area (Å²) in [4.78, 5) is 12.5. The Hall–Kier alpha value is -1.26. The average Bonchev–Trinajstić information content (AvgIpc) is 2.57. The quantitative estimate of drug-likeness (QED) is 0.320. The van der Waals surface area contributed by atoms with E-state index in [4.69, 9.17) is 0 Å². The Kier molecular flexibility index (Phi) is 5.55. The van der Waals surface area contributed by atoms with Crippen LogP contribution in [0.15, 0.2) is 66.8 Å². The van der Waals surface area contributed by atoms with E-state index in [2.05, 4.69) is 53.1 Å². The summed E-state index contributed by atoms with van der Waals surface area (Å²) in [6.45, 7) is 0. The van der Waals surface area contributed by atoms with Crippen molar-refractivity contribution in [2.45, 2.75) is 4.90 Å². The van der Waals surface area contributed by atoms with Crippen LogP contribution >= 0.6 is 47.8 Å². The molecule has 0 heterocycles. The molecule has 3 aromatic rings. The SMILES string of the molecule is O=C(Nc1ccc(S(=O)(=O)O)c2ccccc12)c1cc(Br)cc(Br)c1Br. The molecule has 0 fully saturated rings. The van der Waals surface area contributed by atoms with Gasteiger partial charge in [0.05, 0.1) is 5.56 Å². The number of rotatable bonds is 3. The van der Waals surface area contributed by atoms with Gasteiger partial charge in [-0.25, -0.2) is 0 Å². The summed E-state index contributed by atoms with van der Waals surface area (Å²) >= 11 is 10.1. The van der Waals surface area contributed by atoms with Crippen LogP contribution in [0.4, 0.5) is 5.69 Å². The van der Waals surface area contributed by atoms with Crippen molar-refractivity contribution in [3.05, 3.63) is 67.5 Å². The topological polar surface area (TPSA) is 83.5 Å². The van der Waals surface area contributed by atoms with Gasteiger partial charge in [-0.3, -0.25) is 9.35 Å². The largest absolute Gasteiger partial charge is 0.321 e. The molecule has 0 spiro atoms. The van der Waals surface area contributed by atoms with Crippen molar-refractivity contribution >= 4 is 80.3 Å². The van der Waals surface area contributed by atoms with E-state index in [-0.39, 0.29) is 10.8 Å². The summed E-state index contributed by atoms with van der Waals surface area (Å²) in [5, 5.41) is 3.61. The van der Waals surface area contributed by atoms with Gasteiger partial charge in [0.1, 0.15) is 4.90 Å². The van der Waals surface area contributed by atoms with Gasteiger partial charge < -0.3 is 5.32 Å². The standard InChI is InChI=1S/C17H10Br3NO4S/c18-9-7-12(16(20)13(19)8-9)17(22)21-14-5-6-15(26(23,24)25)11-4-2-1-3-10(11)14/h1-8H,(H,21,22)(H,23,24,25). The van der Waals surface area contributed by atoms with Crippen LogP contribution in [0, 0.1) is 0 Å². The summed E-state index contributed by atoms with van der Waals surface area (Å²) in [6.07, 6.45) is 0. The minimum atomic E-state index is -4.38. The first-order valence-electron chi connectivity index (χ1n) is 7.13. The molecule has 0 aromatic heterocycles. The van der Waals surface area contributed by atoms with Crippen LogP contribution in [0.5, 0.6) is 0 Å². The zero-order valence-corrected chi connectivity index (χ0v) is 18.4. The molecule has 0 radical (unpaired) electrons. The van der Waals surface area contributed by atoms with Gasteiger partial charge in [-0.05, 0) is 56.1 Å². The molecule has 0 saturated carbocycles. The lowest BCUT2D eigenvalue weighted by atomic mass is 10.1. The van der Waals surface area contributed by atoms with Crippen molar-refractivity contribution in [1.29, 1.82) is 0 Å². The fraction of sp³-hybridized carbons (Fsp3) is 0. The fourth-order valence-electron chi connectivity index (χ4n) is 2.52. The Labute approximate surface area is 174 Å². The lowest BCUT2D eigenvalue weighted by Crippen LogP contribution is -2.13. The third kappa shape index (κ3) is 3.86. The number of hydrogen-bond donors (Lipinski definition) is 2. The van der Waals surface area contributed by atoms with Crippen LogP contribution in [0.3, 0.4) is 0 Å². The molecule has 1 amide bonds. The summed E-state index contributed by atoms with van der Waals surface area (Å²) in [5.74, 6) is -0.372. The van der Waals surface area contributed by atoms with Gasteiger partial charge in [-0.2, -0.15) is 8.42 Å². The zero-order valence-electron chi connectivity index (χ0n) is 12.8. The highest BCUT2D eigenvalue weighted by Gasteiger charge is 2.18. The fourth-order valence-corrected chi connectivity index (χ4v) is 4.85. The number of benzene rings is 3. The smallest absolute Gasteiger partial charge is 0.295 e. The van der Waals surface area contributed by atoms with E-state index in [9.17, 15) is 17.8 Å². The molecule has 0 aliphatic carbocycles. The summed E-state index contributed by atoms with van der Waals surface area (Å²) in [6, 6.07) is 12.8. The molecule has 9 heteroatoms. The first-order chi connectivity index (χ1) is 12.2. The number of carbonyl (C=O) groups is 1. The van der Waals surface area contributed by atoms with Crippen LogP contribution < -0.4 is 5.32 Å². The Morgan fingerprint density at radius 2 is 1.62 bits per heavy atom. The van der Waals surface area contributed by atoms with E-state index >= 15 is 0 Å². The average molecular weight is 564 g/mol. The number of halogens is 3. The predicted molar refractivity (Wildman–Crippen MR) is 111 cm³/mol. The zero-order chi connectivity index (χ0) is 19.1. The predicted octanol–water partition coefficient (Wildman–Crippen LogP) is 5.63. The second-order valence-corrected chi connectivity index (χ2v) is 9.29. The first kappa shape index (κ1) is 19.5. The van der Waals surface area contributed by atoms with Gasteiger partial charge in [-0.1, -0.05) is 40.2 Å². The molecule has 0 saturated heterocycles. The molecule has 0 unspecified atom stereocenters. The molecule has 5 nitrogen and oxygen atoms in total. The van der Waals surface area contributed by atoms with Gasteiger partial charge >= 0.3 is 0 Å². The van der Waals surface area contributed by atoms with Crippen LogP contribution in [0.1, 0.15) is 10.4 Å². The molecular formula is C17H10Br3NO4S. The van der Waals surface area contributed by atoms with Gasteiger partial charge in [0.25, 0.3) is 16.0 Å². The maximum Gasteiger partial charge on any atom is 0.295 e. The van der Waals surface area contributed by atoms with Crippen molar-refractivity contribution in [2.24, 2.45) is 0 Å². The number of amides is 1. The van der Waals surface area contributed by atoms with Crippen LogP contribution in [-0.4, -0.2) is 18.9 Å². The van der Waals surface area contributed by atoms with E-state index in [1.807, 2.05) is 0 Å². The second kappa shape index (κ2) is 7.40. The van der Waals surface area contributed by atoms with Crippen molar-refractivity contribution in [1.82, 2.24) is 0 Å². The highest BCUT2D eigenvalue weighted by atomic mass is 79.9. The van der Waals surface area contributed by atoms with Gasteiger partial charge in [0, 0.05) is 29.9 Å². The summed E-state index contributed by atoms with van der Waals surface area (Å²) < 4.78 is 34.6.